The highest BCUT2D eigenvalue weighted by Crippen LogP contribution is 2.22. The number of nitrogens with zero attached hydrogens (tertiary/aromatic N) is 2. The lowest BCUT2D eigenvalue weighted by atomic mass is 10.2. The Kier molecular flexibility index (Phi) is 4.29. The average Bonchev–Trinajstić information content (AvgIpc) is 2.73. The highest BCUT2D eigenvalue weighted by Gasteiger charge is 2.10. The van der Waals surface area contributed by atoms with E-state index in [1.54, 1.807) is 19.2 Å². The maximum Gasteiger partial charge on any atom is 0.204 e. The van der Waals surface area contributed by atoms with Crippen LogP contribution in [0, 0.1) is 6.92 Å². The lowest BCUT2D eigenvalue weighted by Crippen LogP contribution is -1.90. The van der Waals surface area contributed by atoms with Crippen LogP contribution in [-0.2, 0) is 0 Å². The molecular formula is C13H12ClN3OS. The summed E-state index contributed by atoms with van der Waals surface area (Å²) in [4.78, 5) is 16.2. The monoisotopic (exact) mass is 293 g/mol. The van der Waals surface area contributed by atoms with Gasteiger partial charge < -0.3 is 0 Å². The fraction of sp³-hybridized carbons (Fsp3) is 0.154. The number of rotatable bonds is 4. The number of hydrogen-bond acceptors (Lipinski definition) is 5. The van der Waals surface area contributed by atoms with Crippen molar-refractivity contribution in [2.45, 2.75) is 13.8 Å². The molecule has 1 heterocycles. The topological polar surface area (TPSA) is 54.4 Å². The van der Waals surface area contributed by atoms with Crippen LogP contribution in [0.25, 0.3) is 0 Å². The smallest absolute Gasteiger partial charge is 0.204 e. The molecule has 0 amide bonds. The summed E-state index contributed by atoms with van der Waals surface area (Å²) in [6, 6.07) is 7.40. The van der Waals surface area contributed by atoms with Crippen molar-refractivity contribution < 1.29 is 4.79 Å². The molecule has 1 aromatic heterocycles. The summed E-state index contributed by atoms with van der Waals surface area (Å²) >= 11 is 7.29. The molecule has 1 aromatic carbocycles. The van der Waals surface area contributed by atoms with Gasteiger partial charge in [0, 0.05) is 17.5 Å². The Labute approximate surface area is 120 Å². The van der Waals surface area contributed by atoms with Gasteiger partial charge in [-0.15, -0.1) is 0 Å². The number of carbonyl (C=O) groups is 1. The molecule has 2 aromatic rings. The van der Waals surface area contributed by atoms with Gasteiger partial charge in [-0.1, -0.05) is 41.1 Å². The normalized spacial score (nSPS) is 10.9. The fourth-order valence-electron chi connectivity index (χ4n) is 1.51. The first-order valence-electron chi connectivity index (χ1n) is 5.60. The number of benzene rings is 1. The number of thiazole rings is 1. The van der Waals surface area contributed by atoms with Gasteiger partial charge >= 0.3 is 0 Å². The molecule has 2 rings (SSSR count). The van der Waals surface area contributed by atoms with Crippen LogP contribution < -0.4 is 5.43 Å². The largest absolute Gasteiger partial charge is 0.294 e. The van der Waals surface area contributed by atoms with E-state index in [9.17, 15) is 4.79 Å². The van der Waals surface area contributed by atoms with Gasteiger partial charge in [0.25, 0.3) is 0 Å². The highest BCUT2D eigenvalue weighted by atomic mass is 35.5. The molecule has 1 N–H and O–H groups in total. The zero-order valence-corrected chi connectivity index (χ0v) is 12.0. The Morgan fingerprint density at radius 1 is 1.47 bits per heavy atom. The number of aryl methyl sites for hydroxylation is 1. The molecule has 98 valence electrons. The third-order valence-electron chi connectivity index (χ3n) is 2.39. The molecule has 0 aliphatic rings. The summed E-state index contributed by atoms with van der Waals surface area (Å²) in [6.45, 7) is 3.33. The van der Waals surface area contributed by atoms with Crippen LogP contribution in [0.15, 0.2) is 29.4 Å². The van der Waals surface area contributed by atoms with Crippen LogP contribution in [-0.4, -0.2) is 17.0 Å². The molecule has 6 heteroatoms. The van der Waals surface area contributed by atoms with Gasteiger partial charge in [-0.2, -0.15) is 5.10 Å². The minimum Gasteiger partial charge on any atom is -0.294 e. The number of anilines is 1. The zero-order valence-electron chi connectivity index (χ0n) is 10.5. The second-order valence-corrected chi connectivity index (χ2v) is 5.29. The van der Waals surface area contributed by atoms with Gasteiger partial charge in [-0.3, -0.25) is 10.2 Å². The maximum absolute atomic E-state index is 11.3. The SMILES string of the molecule is CC(=O)c1sc(N/N=C/c2ccccc2Cl)nc1C. The molecule has 0 saturated carbocycles. The number of carbonyl (C=O) groups excluding carboxylic acids is 1. The number of nitrogens with one attached hydrogen (secondary N) is 1. The highest BCUT2D eigenvalue weighted by molar-refractivity contribution is 7.17. The third kappa shape index (κ3) is 3.39. The number of ketones is 1. The van der Waals surface area contributed by atoms with E-state index in [1.807, 2.05) is 18.2 Å². The van der Waals surface area contributed by atoms with E-state index < -0.39 is 0 Å². The first-order valence-corrected chi connectivity index (χ1v) is 6.79. The fourth-order valence-corrected chi connectivity index (χ4v) is 2.50. The second kappa shape index (κ2) is 5.95. The van der Waals surface area contributed by atoms with E-state index in [0.29, 0.717) is 20.7 Å². The van der Waals surface area contributed by atoms with Crippen molar-refractivity contribution in [2.24, 2.45) is 5.10 Å². The molecule has 19 heavy (non-hydrogen) atoms. The average molecular weight is 294 g/mol. The number of hydrogen-bond donors (Lipinski definition) is 1. The van der Waals surface area contributed by atoms with E-state index in [-0.39, 0.29) is 5.78 Å². The first-order chi connectivity index (χ1) is 9.08. The van der Waals surface area contributed by atoms with Gasteiger partial charge in [0.1, 0.15) is 0 Å². The lowest BCUT2D eigenvalue weighted by molar-refractivity contribution is 0.102. The number of aromatic nitrogens is 1. The Bertz CT molecular complexity index is 637. The molecule has 0 aliphatic heterocycles. The summed E-state index contributed by atoms with van der Waals surface area (Å²) in [5.74, 6) is 0.0122. The first kappa shape index (κ1) is 13.7. The van der Waals surface area contributed by atoms with Crippen molar-refractivity contribution >= 4 is 40.1 Å². The maximum atomic E-state index is 11.3. The minimum atomic E-state index is 0.0122. The van der Waals surface area contributed by atoms with Crippen LogP contribution in [0.4, 0.5) is 5.13 Å². The zero-order chi connectivity index (χ0) is 13.8. The van der Waals surface area contributed by atoms with E-state index >= 15 is 0 Å². The van der Waals surface area contributed by atoms with Crippen LogP contribution in [0.3, 0.4) is 0 Å². The summed E-state index contributed by atoms with van der Waals surface area (Å²) < 4.78 is 0. The molecule has 0 aliphatic carbocycles. The van der Waals surface area contributed by atoms with Gasteiger partial charge in [0.05, 0.1) is 16.8 Å². The Hall–Kier alpha value is -1.72. The summed E-state index contributed by atoms with van der Waals surface area (Å²) in [6.07, 6.45) is 1.62. The quantitative estimate of drug-likeness (QED) is 0.530. The standard InChI is InChI=1S/C13H12ClN3OS/c1-8-12(9(2)18)19-13(16-8)17-15-7-10-5-3-4-6-11(10)14/h3-7H,1-2H3,(H,16,17)/b15-7+. The molecule has 4 nitrogen and oxygen atoms in total. The van der Waals surface area contributed by atoms with Gasteiger partial charge in [0.2, 0.25) is 5.13 Å². The van der Waals surface area contributed by atoms with E-state index in [1.165, 1.54) is 18.3 Å². The summed E-state index contributed by atoms with van der Waals surface area (Å²) in [5.41, 5.74) is 4.33. The van der Waals surface area contributed by atoms with Crippen molar-refractivity contribution in [3.63, 3.8) is 0 Å². The van der Waals surface area contributed by atoms with Gasteiger partial charge in [0.15, 0.2) is 5.78 Å². The predicted octanol–water partition coefficient (Wildman–Crippen LogP) is 3.75. The number of Topliss-reactive ketones (excluding diaryl/α,β-unsaturated/α-hetero) is 1. The third-order valence-corrected chi connectivity index (χ3v) is 3.89. The molecule has 0 spiro atoms. The van der Waals surface area contributed by atoms with Crippen LogP contribution >= 0.6 is 22.9 Å². The number of hydrazone groups is 1. The molecule has 0 saturated heterocycles. The molecule has 0 atom stereocenters. The van der Waals surface area contributed by atoms with Crippen molar-refractivity contribution in [2.75, 3.05) is 5.43 Å². The van der Waals surface area contributed by atoms with Crippen molar-refractivity contribution in [3.05, 3.63) is 45.4 Å². The van der Waals surface area contributed by atoms with E-state index in [4.69, 9.17) is 11.6 Å². The van der Waals surface area contributed by atoms with Crippen molar-refractivity contribution in [1.29, 1.82) is 0 Å². The van der Waals surface area contributed by atoms with Gasteiger partial charge in [-0.05, 0) is 13.0 Å². The molecule has 0 unspecified atom stereocenters. The molecule has 0 bridgehead atoms. The predicted molar refractivity (Wildman–Crippen MR) is 79.5 cm³/mol. The minimum absolute atomic E-state index is 0.0122. The van der Waals surface area contributed by atoms with E-state index in [0.717, 1.165) is 5.56 Å². The lowest BCUT2D eigenvalue weighted by Gasteiger charge is -1.96. The summed E-state index contributed by atoms with van der Waals surface area (Å²) in [7, 11) is 0. The molecular weight excluding hydrogens is 282 g/mol. The Morgan fingerprint density at radius 2 is 2.21 bits per heavy atom. The Balaban J connectivity index is 2.09. The van der Waals surface area contributed by atoms with Gasteiger partial charge in [-0.25, -0.2) is 4.98 Å². The Morgan fingerprint density at radius 3 is 2.84 bits per heavy atom. The van der Waals surface area contributed by atoms with Crippen LogP contribution in [0.5, 0.6) is 0 Å². The van der Waals surface area contributed by atoms with E-state index in [2.05, 4.69) is 15.5 Å². The second-order valence-electron chi connectivity index (χ2n) is 3.88. The van der Waals surface area contributed by atoms with Crippen molar-refractivity contribution in [3.8, 4) is 0 Å². The number of halogens is 1. The van der Waals surface area contributed by atoms with Crippen molar-refractivity contribution in [1.82, 2.24) is 4.98 Å². The summed E-state index contributed by atoms with van der Waals surface area (Å²) in [5, 5.41) is 5.28. The molecule has 0 fully saturated rings. The molecule has 0 radical (unpaired) electrons. The van der Waals surface area contributed by atoms with Crippen LogP contribution in [0.2, 0.25) is 5.02 Å². The van der Waals surface area contributed by atoms with Crippen LogP contribution in [0.1, 0.15) is 27.9 Å².